The molecule has 0 spiro atoms. The molecule has 1 aromatic carbocycles. The zero-order valence-corrected chi connectivity index (χ0v) is 14.1. The zero-order chi connectivity index (χ0) is 16.1. The van der Waals surface area contributed by atoms with Gasteiger partial charge in [-0.15, -0.1) is 11.3 Å². The summed E-state index contributed by atoms with van der Waals surface area (Å²) >= 11 is 2.84. The lowest BCUT2D eigenvalue weighted by Crippen LogP contribution is -2.25. The molecule has 3 aromatic rings. The van der Waals surface area contributed by atoms with Crippen LogP contribution in [0.4, 0.5) is 0 Å². The largest absolute Gasteiger partial charge is 0.396 e. The van der Waals surface area contributed by atoms with Crippen LogP contribution in [0.2, 0.25) is 0 Å². The van der Waals surface area contributed by atoms with Gasteiger partial charge in [-0.1, -0.05) is 6.07 Å². The van der Waals surface area contributed by atoms with Crippen LogP contribution in [-0.2, 0) is 0 Å². The van der Waals surface area contributed by atoms with Crippen molar-refractivity contribution in [2.45, 2.75) is 18.8 Å². The van der Waals surface area contributed by atoms with Crippen LogP contribution in [0.5, 0.6) is 0 Å². The van der Waals surface area contributed by atoms with Crippen molar-refractivity contribution in [2.75, 3.05) is 13.2 Å². The fourth-order valence-electron chi connectivity index (χ4n) is 2.49. The fourth-order valence-corrected chi connectivity index (χ4v) is 3.91. The summed E-state index contributed by atoms with van der Waals surface area (Å²) in [7, 11) is 0. The van der Waals surface area contributed by atoms with Crippen molar-refractivity contribution in [1.82, 2.24) is 14.1 Å². The molecule has 2 aromatic heterocycles. The molecule has 0 aliphatic heterocycles. The minimum atomic E-state index is -0.103. The molecule has 0 bridgehead atoms. The maximum atomic E-state index is 12.2. The van der Waals surface area contributed by atoms with E-state index >= 15 is 0 Å². The summed E-state index contributed by atoms with van der Waals surface area (Å²) in [4.78, 5) is 13.5. The van der Waals surface area contributed by atoms with E-state index in [4.69, 9.17) is 0 Å². The molecule has 7 heteroatoms. The minimum Gasteiger partial charge on any atom is -0.396 e. The number of aliphatic hydroxyl groups excluding tert-OH is 1. The number of rotatable bonds is 7. The van der Waals surface area contributed by atoms with Crippen LogP contribution >= 0.6 is 23.1 Å². The summed E-state index contributed by atoms with van der Waals surface area (Å²) in [6, 6.07) is 9.44. The van der Waals surface area contributed by atoms with E-state index in [0.717, 1.165) is 29.2 Å². The topological polar surface area (TPSA) is 75.1 Å². The van der Waals surface area contributed by atoms with Crippen LogP contribution in [0.3, 0.4) is 0 Å². The van der Waals surface area contributed by atoms with Crippen LogP contribution in [0.1, 0.15) is 34.0 Å². The summed E-state index contributed by atoms with van der Waals surface area (Å²) in [5.41, 5.74) is 2.16. The molecular formula is C16H17N3O2S2. The predicted molar refractivity (Wildman–Crippen MR) is 93.1 cm³/mol. The van der Waals surface area contributed by atoms with Gasteiger partial charge in [0.15, 0.2) is 0 Å². The van der Waals surface area contributed by atoms with Crippen molar-refractivity contribution in [3.63, 3.8) is 0 Å². The normalized spacial score (nSPS) is 12.4. The van der Waals surface area contributed by atoms with Crippen LogP contribution in [0.15, 0.2) is 35.7 Å². The van der Waals surface area contributed by atoms with Crippen molar-refractivity contribution in [3.05, 3.63) is 46.2 Å². The first-order valence-corrected chi connectivity index (χ1v) is 9.03. The highest BCUT2D eigenvalue weighted by atomic mass is 32.1. The molecule has 0 aliphatic rings. The van der Waals surface area contributed by atoms with E-state index in [9.17, 15) is 9.90 Å². The number of aliphatic hydroxyl groups is 1. The Balaban J connectivity index is 1.57. The first kappa shape index (κ1) is 16.0. The summed E-state index contributed by atoms with van der Waals surface area (Å²) in [5.74, 6) is 0.180. The molecule has 120 valence electrons. The molecule has 1 atom stereocenters. The molecule has 0 radical (unpaired) electrons. The van der Waals surface area contributed by atoms with Crippen molar-refractivity contribution < 1.29 is 9.90 Å². The van der Waals surface area contributed by atoms with E-state index in [2.05, 4.69) is 20.1 Å². The molecule has 0 fully saturated rings. The van der Waals surface area contributed by atoms with Crippen LogP contribution < -0.4 is 5.32 Å². The number of hydrogen-bond acceptors (Lipinski definition) is 6. The summed E-state index contributed by atoms with van der Waals surface area (Å²) < 4.78 is 8.28. The van der Waals surface area contributed by atoms with Gasteiger partial charge in [-0.3, -0.25) is 4.79 Å². The highest BCUT2D eigenvalue weighted by Crippen LogP contribution is 2.26. The smallest absolute Gasteiger partial charge is 0.251 e. The summed E-state index contributed by atoms with van der Waals surface area (Å²) in [6.07, 6.45) is 1.53. The van der Waals surface area contributed by atoms with E-state index < -0.39 is 0 Å². The predicted octanol–water partition coefficient (Wildman–Crippen LogP) is 3.04. The number of carbonyl (C=O) groups is 1. The highest BCUT2D eigenvalue weighted by Gasteiger charge is 2.13. The second-order valence-electron chi connectivity index (χ2n) is 5.24. The lowest BCUT2D eigenvalue weighted by molar-refractivity contribution is 0.0952. The first-order chi connectivity index (χ1) is 11.3. The number of thiophene rings is 1. The van der Waals surface area contributed by atoms with Crippen LogP contribution in [-0.4, -0.2) is 32.9 Å². The lowest BCUT2D eigenvalue weighted by Gasteiger charge is -2.14. The molecular weight excluding hydrogens is 330 g/mol. The van der Waals surface area contributed by atoms with E-state index in [0.29, 0.717) is 18.5 Å². The van der Waals surface area contributed by atoms with Gasteiger partial charge in [-0.25, -0.2) is 0 Å². The number of hydrogen-bond donors (Lipinski definition) is 2. The van der Waals surface area contributed by atoms with E-state index in [1.807, 2.05) is 17.5 Å². The van der Waals surface area contributed by atoms with Crippen molar-refractivity contribution in [1.29, 1.82) is 0 Å². The number of nitrogens with one attached hydrogen (secondary N) is 1. The minimum absolute atomic E-state index is 0.103. The second kappa shape index (κ2) is 7.63. The standard InChI is InChI=1S/C16H17N3O2S2/c20-8-6-11(15-2-1-9-22-15)5-7-17-16(21)12-3-4-13-14(10-12)19-23-18-13/h1-4,9-11,20H,5-8H2,(H,17,21). The summed E-state index contributed by atoms with van der Waals surface area (Å²) in [5, 5.41) is 14.2. The van der Waals surface area contributed by atoms with Gasteiger partial charge in [0.25, 0.3) is 5.91 Å². The third-order valence-corrected chi connectivity index (χ3v) is 5.31. The molecule has 2 N–H and O–H groups in total. The molecule has 2 heterocycles. The molecule has 0 saturated heterocycles. The molecule has 5 nitrogen and oxygen atoms in total. The number of nitrogens with zero attached hydrogens (tertiary/aromatic N) is 2. The van der Waals surface area contributed by atoms with Gasteiger partial charge in [0.2, 0.25) is 0 Å². The number of aromatic nitrogens is 2. The Hall–Kier alpha value is -1.83. The zero-order valence-electron chi connectivity index (χ0n) is 12.4. The number of fused-ring (bicyclic) bond motifs is 1. The van der Waals surface area contributed by atoms with Crippen LogP contribution in [0.25, 0.3) is 11.0 Å². The van der Waals surface area contributed by atoms with Gasteiger partial charge >= 0.3 is 0 Å². The molecule has 0 aliphatic carbocycles. The Morgan fingerprint density at radius 3 is 2.87 bits per heavy atom. The molecule has 23 heavy (non-hydrogen) atoms. The van der Waals surface area contributed by atoms with Gasteiger partial charge in [0, 0.05) is 23.6 Å². The third-order valence-electron chi connectivity index (χ3n) is 3.72. The monoisotopic (exact) mass is 347 g/mol. The van der Waals surface area contributed by atoms with Gasteiger partial charge in [-0.2, -0.15) is 8.75 Å². The molecule has 1 amide bonds. The maximum Gasteiger partial charge on any atom is 0.251 e. The Labute approximate surface area is 142 Å². The second-order valence-corrected chi connectivity index (χ2v) is 6.74. The number of amides is 1. The average Bonchev–Trinajstić information content (AvgIpc) is 3.24. The number of benzene rings is 1. The van der Waals surface area contributed by atoms with Crippen molar-refractivity contribution >= 4 is 40.0 Å². The van der Waals surface area contributed by atoms with Gasteiger partial charge < -0.3 is 10.4 Å². The van der Waals surface area contributed by atoms with E-state index in [1.54, 1.807) is 23.5 Å². The number of carbonyl (C=O) groups excluding carboxylic acids is 1. The summed E-state index contributed by atoms with van der Waals surface area (Å²) in [6.45, 7) is 0.735. The molecule has 3 rings (SSSR count). The highest BCUT2D eigenvalue weighted by molar-refractivity contribution is 7.10. The van der Waals surface area contributed by atoms with Crippen molar-refractivity contribution in [2.24, 2.45) is 0 Å². The van der Waals surface area contributed by atoms with Gasteiger partial charge in [0.1, 0.15) is 11.0 Å². The fraction of sp³-hybridized carbons (Fsp3) is 0.312. The quantitative estimate of drug-likeness (QED) is 0.689. The molecule has 0 saturated carbocycles. The SMILES string of the molecule is O=C(NCCC(CCO)c1cccs1)c1ccc2nsnc2c1. The third kappa shape index (κ3) is 3.93. The van der Waals surface area contributed by atoms with Gasteiger partial charge in [-0.05, 0) is 48.4 Å². The maximum absolute atomic E-state index is 12.2. The van der Waals surface area contributed by atoms with Crippen molar-refractivity contribution in [3.8, 4) is 0 Å². The Morgan fingerprint density at radius 2 is 2.09 bits per heavy atom. The first-order valence-electron chi connectivity index (χ1n) is 7.42. The van der Waals surface area contributed by atoms with E-state index in [1.165, 1.54) is 4.88 Å². The molecule has 1 unspecified atom stereocenters. The Kier molecular flexibility index (Phi) is 5.32. The average molecular weight is 347 g/mol. The lowest BCUT2D eigenvalue weighted by atomic mass is 10.00. The van der Waals surface area contributed by atoms with Crippen LogP contribution in [0, 0.1) is 0 Å². The van der Waals surface area contributed by atoms with Gasteiger partial charge in [0.05, 0.1) is 11.7 Å². The van der Waals surface area contributed by atoms with E-state index in [-0.39, 0.29) is 18.4 Å². The Morgan fingerprint density at radius 1 is 1.22 bits per heavy atom. The Bertz CT molecular complexity index is 771.